The Balaban J connectivity index is 1.15. The van der Waals surface area contributed by atoms with Gasteiger partial charge in [0.1, 0.15) is 5.65 Å². The molecule has 5 nitrogen and oxygen atoms in total. The van der Waals surface area contributed by atoms with Gasteiger partial charge in [-0.2, -0.15) is 0 Å². The molecule has 0 unspecified atom stereocenters. The normalized spacial score (nSPS) is 11.4. The van der Waals surface area contributed by atoms with Crippen molar-refractivity contribution in [2.24, 2.45) is 0 Å². The highest BCUT2D eigenvalue weighted by Crippen LogP contribution is 2.40. The molecular weight excluding hydrogens is 647 g/mol. The Morgan fingerprint density at radius 2 is 0.868 bits per heavy atom. The zero-order chi connectivity index (χ0) is 35.1. The fraction of sp³-hybridized carbons (Fsp3) is 0. The molecule has 5 heteroatoms. The number of imidazole rings is 1. The molecule has 0 atom stereocenters. The molecule has 53 heavy (non-hydrogen) atoms. The maximum absolute atomic E-state index is 5.41. The van der Waals surface area contributed by atoms with Gasteiger partial charge in [-0.15, -0.1) is 0 Å². The van der Waals surface area contributed by atoms with E-state index in [1.54, 1.807) is 0 Å². The standard InChI is InChI=1S/C48H31N5/c1-5-15-32(16-6-1)41-31-42(51-47(50-41)37-21-11-4-12-22-37)33-25-27-35(28-26-33)44-39-29-30-53-46(36-19-9-3-10-20-36)45(34-17-7-2-8-18-34)52-48(53)43(39)38-23-13-14-24-40(38)49-44/h1-31H. The van der Waals surface area contributed by atoms with Gasteiger partial charge in [0, 0.05) is 55.7 Å². The molecule has 0 fully saturated rings. The number of benzene rings is 6. The van der Waals surface area contributed by atoms with E-state index in [0.29, 0.717) is 5.82 Å². The molecule has 0 amide bonds. The van der Waals surface area contributed by atoms with Gasteiger partial charge in [-0.05, 0) is 18.2 Å². The van der Waals surface area contributed by atoms with Crippen LogP contribution in [0, 0.1) is 0 Å². The second-order valence-corrected chi connectivity index (χ2v) is 13.1. The fourth-order valence-electron chi connectivity index (χ4n) is 7.29. The first-order valence-electron chi connectivity index (χ1n) is 17.7. The summed E-state index contributed by atoms with van der Waals surface area (Å²) in [6.07, 6.45) is 2.14. The lowest BCUT2D eigenvalue weighted by Crippen LogP contribution is -1.96. The Morgan fingerprint density at radius 1 is 0.358 bits per heavy atom. The molecule has 6 aromatic carbocycles. The number of para-hydroxylation sites is 1. The van der Waals surface area contributed by atoms with Gasteiger partial charge in [0.2, 0.25) is 0 Å². The third-order valence-electron chi connectivity index (χ3n) is 9.83. The maximum Gasteiger partial charge on any atom is 0.160 e. The Bertz CT molecular complexity index is 2850. The largest absolute Gasteiger partial charge is 0.298 e. The van der Waals surface area contributed by atoms with Crippen LogP contribution in [0.1, 0.15) is 0 Å². The van der Waals surface area contributed by atoms with Crippen LogP contribution in [0.3, 0.4) is 0 Å². The van der Waals surface area contributed by atoms with Crippen molar-refractivity contribution >= 4 is 27.3 Å². The van der Waals surface area contributed by atoms with E-state index in [1.807, 2.05) is 48.5 Å². The number of aromatic nitrogens is 5. The second-order valence-electron chi connectivity index (χ2n) is 13.1. The molecule has 10 aromatic rings. The van der Waals surface area contributed by atoms with Gasteiger partial charge in [-0.1, -0.05) is 164 Å². The van der Waals surface area contributed by atoms with Crippen LogP contribution in [0.2, 0.25) is 0 Å². The minimum Gasteiger partial charge on any atom is -0.298 e. The molecule has 4 heterocycles. The van der Waals surface area contributed by atoms with Crippen LogP contribution >= 0.6 is 0 Å². The van der Waals surface area contributed by atoms with Crippen molar-refractivity contribution in [3.05, 3.63) is 188 Å². The maximum atomic E-state index is 5.41. The van der Waals surface area contributed by atoms with Crippen LogP contribution in [0.15, 0.2) is 188 Å². The fourth-order valence-corrected chi connectivity index (χ4v) is 7.29. The van der Waals surface area contributed by atoms with Gasteiger partial charge < -0.3 is 0 Å². The molecule has 0 aliphatic carbocycles. The Morgan fingerprint density at radius 3 is 1.53 bits per heavy atom. The zero-order valence-electron chi connectivity index (χ0n) is 28.6. The lowest BCUT2D eigenvalue weighted by Gasteiger charge is -2.13. The average Bonchev–Trinajstić information content (AvgIpc) is 3.64. The summed E-state index contributed by atoms with van der Waals surface area (Å²) in [5.41, 5.74) is 12.7. The number of rotatable bonds is 6. The van der Waals surface area contributed by atoms with Gasteiger partial charge in [0.05, 0.1) is 34.0 Å². The number of hydrogen-bond acceptors (Lipinski definition) is 4. The van der Waals surface area contributed by atoms with Crippen molar-refractivity contribution in [1.82, 2.24) is 24.3 Å². The van der Waals surface area contributed by atoms with Gasteiger partial charge >= 0.3 is 0 Å². The molecule has 248 valence electrons. The monoisotopic (exact) mass is 677 g/mol. The number of hydrogen-bond donors (Lipinski definition) is 0. The van der Waals surface area contributed by atoms with E-state index in [0.717, 1.165) is 89.2 Å². The summed E-state index contributed by atoms with van der Waals surface area (Å²) in [6, 6.07) is 62.6. The highest BCUT2D eigenvalue weighted by atomic mass is 15.0. The summed E-state index contributed by atoms with van der Waals surface area (Å²) >= 11 is 0. The summed E-state index contributed by atoms with van der Waals surface area (Å²) in [6.45, 7) is 0. The first kappa shape index (κ1) is 30.6. The number of nitrogens with zero attached hydrogens (tertiary/aromatic N) is 5. The first-order valence-corrected chi connectivity index (χ1v) is 17.7. The van der Waals surface area contributed by atoms with E-state index in [9.17, 15) is 0 Å². The Kier molecular flexibility index (Phi) is 7.40. The van der Waals surface area contributed by atoms with E-state index in [2.05, 4.69) is 144 Å². The molecule has 0 bridgehead atoms. The molecule has 10 rings (SSSR count). The van der Waals surface area contributed by atoms with Crippen molar-refractivity contribution in [2.45, 2.75) is 0 Å². The van der Waals surface area contributed by atoms with Crippen LogP contribution in [0.5, 0.6) is 0 Å². The van der Waals surface area contributed by atoms with Crippen molar-refractivity contribution in [2.75, 3.05) is 0 Å². The predicted molar refractivity (Wildman–Crippen MR) is 216 cm³/mol. The van der Waals surface area contributed by atoms with Crippen LogP contribution in [-0.4, -0.2) is 24.3 Å². The van der Waals surface area contributed by atoms with Crippen LogP contribution in [0.25, 0.3) is 95.0 Å². The van der Waals surface area contributed by atoms with Gasteiger partial charge in [-0.3, -0.25) is 4.40 Å². The van der Waals surface area contributed by atoms with Gasteiger partial charge in [0.15, 0.2) is 5.82 Å². The molecular formula is C48H31N5. The lowest BCUT2D eigenvalue weighted by molar-refractivity contribution is 1.18. The van der Waals surface area contributed by atoms with E-state index >= 15 is 0 Å². The summed E-state index contributed by atoms with van der Waals surface area (Å²) in [7, 11) is 0. The quantitative estimate of drug-likeness (QED) is 0.164. The SMILES string of the molecule is c1ccc(-c2cc(-c3ccc(-c4nc5ccccc5c5c4ccn4c(-c6ccccc6)c(-c6ccccc6)nc54)cc3)nc(-c3ccccc3)n2)cc1. The predicted octanol–water partition coefficient (Wildman–Crippen LogP) is 11.8. The highest BCUT2D eigenvalue weighted by molar-refractivity contribution is 6.17. The molecule has 0 radical (unpaired) electrons. The molecule has 0 spiro atoms. The zero-order valence-corrected chi connectivity index (χ0v) is 28.6. The summed E-state index contributed by atoms with van der Waals surface area (Å²) in [5.74, 6) is 0.696. The van der Waals surface area contributed by atoms with Crippen LogP contribution in [0.4, 0.5) is 0 Å². The third-order valence-corrected chi connectivity index (χ3v) is 9.83. The minimum atomic E-state index is 0.696. The molecule has 0 saturated heterocycles. The van der Waals surface area contributed by atoms with E-state index < -0.39 is 0 Å². The van der Waals surface area contributed by atoms with E-state index in [-0.39, 0.29) is 0 Å². The lowest BCUT2D eigenvalue weighted by atomic mass is 9.99. The van der Waals surface area contributed by atoms with Crippen LogP contribution in [-0.2, 0) is 0 Å². The molecule has 0 N–H and O–H groups in total. The summed E-state index contributed by atoms with van der Waals surface area (Å²) in [4.78, 5) is 20.7. The minimum absolute atomic E-state index is 0.696. The van der Waals surface area contributed by atoms with Crippen molar-refractivity contribution in [3.63, 3.8) is 0 Å². The first-order chi connectivity index (χ1) is 26.3. The van der Waals surface area contributed by atoms with Crippen molar-refractivity contribution in [3.8, 4) is 67.7 Å². The molecule has 4 aromatic heterocycles. The third kappa shape index (κ3) is 5.43. The molecule has 0 aliphatic rings. The topological polar surface area (TPSA) is 56.0 Å². The van der Waals surface area contributed by atoms with Gasteiger partial charge in [-0.25, -0.2) is 19.9 Å². The van der Waals surface area contributed by atoms with Crippen molar-refractivity contribution in [1.29, 1.82) is 0 Å². The van der Waals surface area contributed by atoms with E-state index in [4.69, 9.17) is 19.9 Å². The Hall–Kier alpha value is -7.24. The smallest absolute Gasteiger partial charge is 0.160 e. The summed E-state index contributed by atoms with van der Waals surface area (Å²) in [5, 5.41) is 3.20. The van der Waals surface area contributed by atoms with Crippen molar-refractivity contribution < 1.29 is 0 Å². The molecule has 0 saturated carbocycles. The van der Waals surface area contributed by atoms with Crippen LogP contribution < -0.4 is 0 Å². The van der Waals surface area contributed by atoms with E-state index in [1.165, 1.54) is 0 Å². The average molecular weight is 678 g/mol. The second kappa shape index (κ2) is 12.8. The highest BCUT2D eigenvalue weighted by Gasteiger charge is 2.21. The van der Waals surface area contributed by atoms with Gasteiger partial charge in [0.25, 0.3) is 0 Å². The number of fused-ring (bicyclic) bond motifs is 5. The Labute approximate surface area is 306 Å². The summed E-state index contributed by atoms with van der Waals surface area (Å²) < 4.78 is 2.24. The number of pyridine rings is 2. The molecule has 0 aliphatic heterocycles.